The lowest BCUT2D eigenvalue weighted by Gasteiger charge is -2.28. The minimum atomic E-state index is -4.92. The molecule has 2 fully saturated rings. The molecule has 1 aromatic carbocycles. The van der Waals surface area contributed by atoms with Crippen LogP contribution >= 0.6 is 0 Å². The van der Waals surface area contributed by atoms with Gasteiger partial charge in [0, 0.05) is 0 Å². The van der Waals surface area contributed by atoms with Crippen molar-refractivity contribution in [1.29, 1.82) is 5.26 Å². The summed E-state index contributed by atoms with van der Waals surface area (Å²) in [4.78, 5) is 12.7. The smallest absolute Gasteiger partial charge is 0.336 e. The Balaban J connectivity index is 1.86. The van der Waals surface area contributed by atoms with Gasteiger partial charge in [0.15, 0.2) is 9.84 Å². The third-order valence-corrected chi connectivity index (χ3v) is 6.95. The molecule has 2 saturated carbocycles. The van der Waals surface area contributed by atoms with Crippen molar-refractivity contribution in [2.24, 2.45) is 5.92 Å². The number of hydrogen-bond donors (Lipinski definition) is 2. The number of alkyl halides is 3. The van der Waals surface area contributed by atoms with E-state index in [0.29, 0.717) is 18.9 Å². The zero-order chi connectivity index (χ0) is 22.2. The molecule has 0 spiro atoms. The van der Waals surface area contributed by atoms with Gasteiger partial charge in [-0.3, -0.25) is 10.1 Å². The molecule has 3 rings (SSSR count). The summed E-state index contributed by atoms with van der Waals surface area (Å²) in [5, 5.41) is 13.6. The van der Waals surface area contributed by atoms with E-state index in [1.807, 2.05) is 6.07 Å². The number of carbonyl (C=O) groups is 1. The maximum Gasteiger partial charge on any atom is 0.407 e. The Labute approximate surface area is 171 Å². The van der Waals surface area contributed by atoms with E-state index in [4.69, 9.17) is 5.26 Å². The molecule has 0 aromatic heterocycles. The predicted octanol–water partition coefficient (Wildman–Crippen LogP) is 2.38. The lowest BCUT2D eigenvalue weighted by atomic mass is 10.0. The van der Waals surface area contributed by atoms with Gasteiger partial charge in [0.1, 0.15) is 23.4 Å². The lowest BCUT2D eigenvalue weighted by Crippen LogP contribution is -2.54. The van der Waals surface area contributed by atoms with Gasteiger partial charge in [0.25, 0.3) is 0 Å². The van der Waals surface area contributed by atoms with Crippen molar-refractivity contribution in [3.8, 4) is 6.07 Å². The first-order chi connectivity index (χ1) is 13.9. The summed E-state index contributed by atoms with van der Waals surface area (Å²) in [5.74, 6) is -3.00. The monoisotopic (exact) mass is 447 g/mol. The molecule has 2 N–H and O–H groups in total. The molecule has 2 atom stereocenters. The molecule has 0 heterocycles. The second kappa shape index (κ2) is 8.15. The van der Waals surface area contributed by atoms with E-state index in [-0.39, 0.29) is 11.7 Å². The summed E-state index contributed by atoms with van der Waals surface area (Å²) in [6.07, 6.45) is -2.81. The van der Waals surface area contributed by atoms with Gasteiger partial charge in [0.2, 0.25) is 5.91 Å². The standard InChI is InChI=1S/C19H21F4N3O3S/c20-14-3-1-2-13(8-14)16(19(21,22)23)25-15(10-30(28,29)9-12-4-5-12)17(27)26-18(11-24)6-7-18/h1-3,8,12,15-16,25H,4-7,9-10H2,(H,26,27)/t15?,16-/m1/s1. The predicted molar refractivity (Wildman–Crippen MR) is 99.2 cm³/mol. The molecule has 1 unspecified atom stereocenters. The second-order valence-electron chi connectivity index (χ2n) is 7.95. The molecule has 11 heteroatoms. The zero-order valence-electron chi connectivity index (χ0n) is 15.9. The van der Waals surface area contributed by atoms with Crippen LogP contribution in [0, 0.1) is 23.1 Å². The van der Waals surface area contributed by atoms with Crippen LogP contribution in [0.15, 0.2) is 24.3 Å². The third kappa shape index (κ3) is 5.92. The number of amides is 1. The largest absolute Gasteiger partial charge is 0.407 e. The van der Waals surface area contributed by atoms with Crippen molar-refractivity contribution in [2.75, 3.05) is 11.5 Å². The first-order valence-electron chi connectivity index (χ1n) is 9.45. The highest BCUT2D eigenvalue weighted by Gasteiger charge is 2.48. The van der Waals surface area contributed by atoms with E-state index < -0.39 is 56.7 Å². The summed E-state index contributed by atoms with van der Waals surface area (Å²) in [7, 11) is -3.83. The lowest BCUT2D eigenvalue weighted by molar-refractivity contribution is -0.160. The number of halogens is 4. The molecule has 2 aliphatic rings. The number of sulfone groups is 1. The molecule has 0 aliphatic heterocycles. The average Bonchev–Trinajstić information content (AvgIpc) is 3.55. The molecular formula is C19H21F4N3O3S. The van der Waals surface area contributed by atoms with Gasteiger partial charge >= 0.3 is 6.18 Å². The van der Waals surface area contributed by atoms with Crippen LogP contribution in [0.1, 0.15) is 37.3 Å². The van der Waals surface area contributed by atoms with Crippen molar-refractivity contribution in [3.63, 3.8) is 0 Å². The molecule has 0 radical (unpaired) electrons. The number of nitriles is 1. The van der Waals surface area contributed by atoms with Gasteiger partial charge in [-0.25, -0.2) is 12.8 Å². The first-order valence-corrected chi connectivity index (χ1v) is 11.3. The fraction of sp³-hybridized carbons (Fsp3) is 0.579. The number of carbonyl (C=O) groups excluding carboxylic acids is 1. The Bertz CT molecular complexity index is 951. The SMILES string of the molecule is N#CC1(NC(=O)C(CS(=O)(=O)CC2CC2)N[C@H](c2cccc(F)c2)C(F)(F)F)CC1. The van der Waals surface area contributed by atoms with E-state index in [1.165, 1.54) is 0 Å². The van der Waals surface area contributed by atoms with Crippen LogP contribution in [0.3, 0.4) is 0 Å². The van der Waals surface area contributed by atoms with Gasteiger partial charge in [0.05, 0.1) is 17.6 Å². The van der Waals surface area contributed by atoms with Crippen LogP contribution in [0.25, 0.3) is 0 Å². The number of benzene rings is 1. The molecule has 0 bridgehead atoms. The molecule has 0 saturated heterocycles. The number of hydrogen-bond acceptors (Lipinski definition) is 5. The molecule has 6 nitrogen and oxygen atoms in total. The summed E-state index contributed by atoms with van der Waals surface area (Å²) >= 11 is 0. The maximum absolute atomic E-state index is 13.7. The van der Waals surface area contributed by atoms with Crippen LogP contribution < -0.4 is 10.6 Å². The van der Waals surface area contributed by atoms with E-state index in [0.717, 1.165) is 31.0 Å². The topological polar surface area (TPSA) is 99.1 Å². The van der Waals surface area contributed by atoms with Crippen LogP contribution in [0.5, 0.6) is 0 Å². The second-order valence-corrected chi connectivity index (χ2v) is 10.1. The summed E-state index contributed by atoms with van der Waals surface area (Å²) in [6, 6.07) is 1.46. The fourth-order valence-electron chi connectivity index (χ4n) is 3.14. The fourth-order valence-corrected chi connectivity index (χ4v) is 5.09. The molecule has 30 heavy (non-hydrogen) atoms. The zero-order valence-corrected chi connectivity index (χ0v) is 16.7. The Morgan fingerprint density at radius 1 is 1.30 bits per heavy atom. The van der Waals surface area contributed by atoms with Crippen molar-refractivity contribution in [2.45, 2.75) is 49.5 Å². The molecule has 164 valence electrons. The minimum Gasteiger partial charge on any atom is -0.336 e. The van der Waals surface area contributed by atoms with Crippen molar-refractivity contribution in [3.05, 3.63) is 35.6 Å². The van der Waals surface area contributed by atoms with Gasteiger partial charge in [-0.15, -0.1) is 0 Å². The normalized spacial score (nSPS) is 20.1. The van der Waals surface area contributed by atoms with Gasteiger partial charge in [-0.05, 0) is 49.3 Å². The number of nitrogens with zero attached hydrogens (tertiary/aromatic N) is 1. The third-order valence-electron chi connectivity index (χ3n) is 5.13. The van der Waals surface area contributed by atoms with Gasteiger partial charge in [-0.2, -0.15) is 18.4 Å². The highest BCUT2D eigenvalue weighted by molar-refractivity contribution is 7.91. The number of rotatable bonds is 9. The van der Waals surface area contributed by atoms with Crippen LogP contribution in [-0.4, -0.2) is 43.6 Å². The molecule has 1 amide bonds. The van der Waals surface area contributed by atoms with E-state index in [9.17, 15) is 30.8 Å². The Hall–Kier alpha value is -2.19. The van der Waals surface area contributed by atoms with Gasteiger partial charge < -0.3 is 5.32 Å². The summed E-state index contributed by atoms with van der Waals surface area (Å²) in [6.45, 7) is 0. The Morgan fingerprint density at radius 3 is 2.47 bits per heavy atom. The highest BCUT2D eigenvalue weighted by atomic mass is 32.2. The average molecular weight is 447 g/mol. The summed E-state index contributed by atoms with van der Waals surface area (Å²) < 4.78 is 79.5. The van der Waals surface area contributed by atoms with E-state index >= 15 is 0 Å². The van der Waals surface area contributed by atoms with E-state index in [1.54, 1.807) is 0 Å². The minimum absolute atomic E-state index is 0.0470. The molecule has 2 aliphatic carbocycles. The van der Waals surface area contributed by atoms with Crippen molar-refractivity contribution in [1.82, 2.24) is 10.6 Å². The summed E-state index contributed by atoms with van der Waals surface area (Å²) in [5.41, 5.74) is -1.66. The van der Waals surface area contributed by atoms with Crippen LogP contribution in [0.4, 0.5) is 17.6 Å². The van der Waals surface area contributed by atoms with Crippen LogP contribution in [0.2, 0.25) is 0 Å². The molecular weight excluding hydrogens is 426 g/mol. The number of nitrogens with one attached hydrogen (secondary N) is 2. The Kier molecular flexibility index (Phi) is 6.11. The quantitative estimate of drug-likeness (QED) is 0.567. The molecule has 1 aromatic rings. The Morgan fingerprint density at radius 2 is 1.97 bits per heavy atom. The van der Waals surface area contributed by atoms with Crippen molar-refractivity contribution < 1.29 is 30.8 Å². The van der Waals surface area contributed by atoms with Gasteiger partial charge in [-0.1, -0.05) is 12.1 Å². The highest BCUT2D eigenvalue weighted by Crippen LogP contribution is 2.36. The maximum atomic E-state index is 13.7. The van der Waals surface area contributed by atoms with E-state index in [2.05, 4.69) is 10.6 Å². The van der Waals surface area contributed by atoms with Crippen LogP contribution in [-0.2, 0) is 14.6 Å². The first kappa shape index (κ1) is 22.5. The van der Waals surface area contributed by atoms with Crippen molar-refractivity contribution >= 4 is 15.7 Å².